The largest absolute Gasteiger partial charge is 0.497 e. The second-order valence-corrected chi connectivity index (χ2v) is 5.22. The molecule has 0 spiro atoms. The topological polar surface area (TPSA) is 75.3 Å². The van der Waals surface area contributed by atoms with E-state index in [-0.39, 0.29) is 5.91 Å². The summed E-state index contributed by atoms with van der Waals surface area (Å²) < 4.78 is 26.9. The maximum absolute atomic E-state index is 12.6. The molecule has 25 heavy (non-hydrogen) atoms. The van der Waals surface area contributed by atoms with Crippen molar-refractivity contribution in [1.82, 2.24) is 0 Å². The Bertz CT molecular complexity index is 772. The predicted octanol–water partition coefficient (Wildman–Crippen LogP) is 2.74. The second kappa shape index (κ2) is 7.21. The van der Waals surface area contributed by atoms with Crippen LogP contribution in [0.1, 0.15) is 10.4 Å². The number of ether oxygens (including phenoxy) is 5. The van der Waals surface area contributed by atoms with Gasteiger partial charge in [0, 0.05) is 11.6 Å². The molecule has 1 amide bonds. The molecule has 0 fully saturated rings. The summed E-state index contributed by atoms with van der Waals surface area (Å²) in [5.74, 6) is 2.25. The van der Waals surface area contributed by atoms with E-state index < -0.39 is 0 Å². The van der Waals surface area contributed by atoms with Gasteiger partial charge >= 0.3 is 0 Å². The Morgan fingerprint density at radius 1 is 0.960 bits per heavy atom. The molecule has 3 rings (SSSR count). The summed E-state index contributed by atoms with van der Waals surface area (Å²) in [6.45, 7) is 0.867. The molecule has 2 aromatic carbocycles. The first-order chi connectivity index (χ1) is 12.2. The standard InChI is InChI=1S/C18H19NO6/c1-21-12-4-5-13(14(10-12)22-2)19-18(20)11-8-15(23-3)17-16(9-11)24-6-7-25-17/h4-5,8-10H,6-7H2,1-3H3,(H,19,20). The van der Waals surface area contributed by atoms with Gasteiger partial charge in [-0.1, -0.05) is 0 Å². The van der Waals surface area contributed by atoms with Crippen LogP contribution in [0.15, 0.2) is 30.3 Å². The van der Waals surface area contributed by atoms with E-state index in [0.717, 1.165) is 0 Å². The van der Waals surface area contributed by atoms with Crippen LogP contribution in [0.25, 0.3) is 0 Å². The fourth-order valence-corrected chi connectivity index (χ4v) is 2.50. The van der Waals surface area contributed by atoms with Crippen LogP contribution in [0, 0.1) is 0 Å². The summed E-state index contributed by atoms with van der Waals surface area (Å²) in [6, 6.07) is 8.38. The van der Waals surface area contributed by atoms with Crippen molar-refractivity contribution in [3.63, 3.8) is 0 Å². The smallest absolute Gasteiger partial charge is 0.256 e. The Morgan fingerprint density at radius 3 is 2.44 bits per heavy atom. The summed E-state index contributed by atoms with van der Waals surface area (Å²) >= 11 is 0. The van der Waals surface area contributed by atoms with E-state index in [9.17, 15) is 4.79 Å². The van der Waals surface area contributed by atoms with E-state index in [1.54, 1.807) is 37.4 Å². The SMILES string of the molecule is COc1ccc(NC(=O)c2cc(OC)c3c(c2)OCCO3)c(OC)c1. The van der Waals surface area contributed by atoms with E-state index in [1.807, 2.05) is 0 Å². The van der Waals surface area contributed by atoms with Crippen molar-refractivity contribution in [2.24, 2.45) is 0 Å². The Balaban J connectivity index is 1.89. The summed E-state index contributed by atoms with van der Waals surface area (Å²) in [4.78, 5) is 12.6. The molecule has 7 nitrogen and oxygen atoms in total. The lowest BCUT2D eigenvalue weighted by atomic mass is 10.1. The molecular weight excluding hydrogens is 326 g/mol. The predicted molar refractivity (Wildman–Crippen MR) is 91.5 cm³/mol. The molecule has 0 saturated heterocycles. The van der Waals surface area contributed by atoms with E-state index in [2.05, 4.69) is 5.32 Å². The van der Waals surface area contributed by atoms with Crippen molar-refractivity contribution in [2.45, 2.75) is 0 Å². The fraction of sp³-hybridized carbons (Fsp3) is 0.278. The number of carbonyl (C=O) groups excluding carboxylic acids is 1. The zero-order valence-corrected chi connectivity index (χ0v) is 14.3. The molecule has 0 unspecified atom stereocenters. The highest BCUT2D eigenvalue weighted by atomic mass is 16.6. The molecule has 0 atom stereocenters. The maximum atomic E-state index is 12.6. The lowest BCUT2D eigenvalue weighted by Gasteiger charge is -2.21. The molecule has 7 heteroatoms. The van der Waals surface area contributed by atoms with Crippen molar-refractivity contribution in [2.75, 3.05) is 39.9 Å². The molecule has 0 bridgehead atoms. The Kier molecular flexibility index (Phi) is 4.83. The quantitative estimate of drug-likeness (QED) is 0.898. The first kappa shape index (κ1) is 16.8. The number of benzene rings is 2. The van der Waals surface area contributed by atoms with Crippen molar-refractivity contribution in [1.29, 1.82) is 0 Å². The number of nitrogens with one attached hydrogen (secondary N) is 1. The van der Waals surface area contributed by atoms with Crippen LogP contribution in [-0.4, -0.2) is 40.5 Å². The first-order valence-electron chi connectivity index (χ1n) is 7.67. The van der Waals surface area contributed by atoms with Gasteiger partial charge in [-0.25, -0.2) is 0 Å². The lowest BCUT2D eigenvalue weighted by Crippen LogP contribution is -2.18. The number of fused-ring (bicyclic) bond motifs is 1. The summed E-state index contributed by atoms with van der Waals surface area (Å²) in [5, 5.41) is 2.82. The molecule has 1 aliphatic heterocycles. The normalized spacial score (nSPS) is 12.3. The highest BCUT2D eigenvalue weighted by Gasteiger charge is 2.21. The number of anilines is 1. The van der Waals surface area contributed by atoms with Crippen molar-refractivity contribution >= 4 is 11.6 Å². The highest BCUT2D eigenvalue weighted by Crippen LogP contribution is 2.40. The monoisotopic (exact) mass is 345 g/mol. The number of hydrogen-bond acceptors (Lipinski definition) is 6. The van der Waals surface area contributed by atoms with Gasteiger partial charge in [0.15, 0.2) is 11.5 Å². The molecule has 132 valence electrons. The van der Waals surface area contributed by atoms with Crippen LogP contribution in [0.3, 0.4) is 0 Å². The lowest BCUT2D eigenvalue weighted by molar-refractivity contribution is 0.102. The van der Waals surface area contributed by atoms with Gasteiger partial charge in [0.2, 0.25) is 5.75 Å². The van der Waals surface area contributed by atoms with E-state index in [0.29, 0.717) is 53.2 Å². The third-order valence-electron chi connectivity index (χ3n) is 3.75. The van der Waals surface area contributed by atoms with Crippen LogP contribution in [-0.2, 0) is 0 Å². The van der Waals surface area contributed by atoms with Crippen LogP contribution in [0.5, 0.6) is 28.7 Å². The number of hydrogen-bond donors (Lipinski definition) is 1. The summed E-state index contributed by atoms with van der Waals surface area (Å²) in [7, 11) is 4.60. The third kappa shape index (κ3) is 3.40. The molecule has 0 aromatic heterocycles. The van der Waals surface area contributed by atoms with E-state index in [1.165, 1.54) is 14.2 Å². The van der Waals surface area contributed by atoms with E-state index >= 15 is 0 Å². The first-order valence-corrected chi connectivity index (χ1v) is 7.67. The average Bonchev–Trinajstić information content (AvgIpc) is 2.67. The molecule has 1 aliphatic rings. The molecule has 0 saturated carbocycles. The van der Waals surface area contributed by atoms with Gasteiger partial charge in [0.05, 0.1) is 27.0 Å². The minimum Gasteiger partial charge on any atom is -0.497 e. The van der Waals surface area contributed by atoms with Crippen LogP contribution >= 0.6 is 0 Å². The number of methoxy groups -OCH3 is 3. The zero-order valence-electron chi connectivity index (χ0n) is 14.3. The second-order valence-electron chi connectivity index (χ2n) is 5.22. The molecule has 1 heterocycles. The van der Waals surface area contributed by atoms with Gasteiger partial charge in [-0.2, -0.15) is 0 Å². The van der Waals surface area contributed by atoms with Crippen LogP contribution in [0.4, 0.5) is 5.69 Å². The molecular formula is C18H19NO6. The third-order valence-corrected chi connectivity index (χ3v) is 3.75. The molecule has 1 N–H and O–H groups in total. The van der Waals surface area contributed by atoms with Crippen LogP contribution in [0.2, 0.25) is 0 Å². The zero-order chi connectivity index (χ0) is 17.8. The van der Waals surface area contributed by atoms with Crippen LogP contribution < -0.4 is 29.0 Å². The van der Waals surface area contributed by atoms with Gasteiger partial charge in [0.25, 0.3) is 5.91 Å². The summed E-state index contributed by atoms with van der Waals surface area (Å²) in [6.07, 6.45) is 0. The number of carbonyl (C=O) groups is 1. The van der Waals surface area contributed by atoms with Gasteiger partial charge in [-0.3, -0.25) is 4.79 Å². The van der Waals surface area contributed by atoms with Crippen molar-refractivity contribution in [3.8, 4) is 28.7 Å². The molecule has 0 radical (unpaired) electrons. The van der Waals surface area contributed by atoms with Gasteiger partial charge < -0.3 is 29.0 Å². The minimum atomic E-state index is -0.321. The average molecular weight is 345 g/mol. The fourth-order valence-electron chi connectivity index (χ4n) is 2.50. The van der Waals surface area contributed by atoms with Gasteiger partial charge in [0.1, 0.15) is 24.7 Å². The Morgan fingerprint density at radius 2 is 1.72 bits per heavy atom. The van der Waals surface area contributed by atoms with Gasteiger partial charge in [-0.05, 0) is 24.3 Å². The van der Waals surface area contributed by atoms with Gasteiger partial charge in [-0.15, -0.1) is 0 Å². The Labute approximate surface area is 145 Å². The van der Waals surface area contributed by atoms with Crippen molar-refractivity contribution in [3.05, 3.63) is 35.9 Å². The minimum absolute atomic E-state index is 0.321. The molecule has 2 aromatic rings. The van der Waals surface area contributed by atoms with E-state index in [4.69, 9.17) is 23.7 Å². The number of amides is 1. The molecule has 0 aliphatic carbocycles. The Hall–Kier alpha value is -3.09. The summed E-state index contributed by atoms with van der Waals surface area (Å²) in [5.41, 5.74) is 0.918. The highest BCUT2D eigenvalue weighted by molar-refractivity contribution is 6.05. The number of rotatable bonds is 5. The maximum Gasteiger partial charge on any atom is 0.256 e. The van der Waals surface area contributed by atoms with Crippen molar-refractivity contribution < 1.29 is 28.5 Å².